The summed E-state index contributed by atoms with van der Waals surface area (Å²) in [6.45, 7) is 0. The summed E-state index contributed by atoms with van der Waals surface area (Å²) in [5.41, 5.74) is 2.07. The van der Waals surface area contributed by atoms with Gasteiger partial charge in [0.15, 0.2) is 0 Å². The minimum absolute atomic E-state index is 0.207. The fraction of sp³-hybridized carbons (Fsp3) is 0.222. The van der Waals surface area contributed by atoms with Crippen molar-refractivity contribution in [2.24, 2.45) is 0 Å². The van der Waals surface area contributed by atoms with E-state index in [1.807, 2.05) is 24.3 Å². The quantitative estimate of drug-likeness (QED) is 0.775. The first kappa shape index (κ1) is 15.3. The molecule has 0 spiro atoms. The SMILES string of the molecule is O=C(Nc1cccc(-n2cnnc2)c1)c1ccnc(OC2CCC2)c1. The largest absolute Gasteiger partial charge is 0.474 e. The van der Waals surface area contributed by atoms with Crippen LogP contribution in [0.4, 0.5) is 5.69 Å². The molecule has 2 heterocycles. The van der Waals surface area contributed by atoms with Crippen LogP contribution in [0, 0.1) is 0 Å². The number of hydrogen-bond donors (Lipinski definition) is 1. The summed E-state index contributed by atoms with van der Waals surface area (Å²) in [4.78, 5) is 16.7. The molecule has 0 saturated heterocycles. The van der Waals surface area contributed by atoms with Crippen LogP contribution in [0.2, 0.25) is 0 Å². The summed E-state index contributed by atoms with van der Waals surface area (Å²) < 4.78 is 7.52. The zero-order valence-electron chi connectivity index (χ0n) is 13.5. The first-order valence-electron chi connectivity index (χ1n) is 8.17. The maximum absolute atomic E-state index is 12.5. The highest BCUT2D eigenvalue weighted by atomic mass is 16.5. The highest BCUT2D eigenvalue weighted by molar-refractivity contribution is 6.04. The van der Waals surface area contributed by atoms with Crippen molar-refractivity contribution < 1.29 is 9.53 Å². The van der Waals surface area contributed by atoms with E-state index in [0.717, 1.165) is 18.5 Å². The van der Waals surface area contributed by atoms with Crippen LogP contribution in [0.1, 0.15) is 29.6 Å². The van der Waals surface area contributed by atoms with Crippen LogP contribution in [0.15, 0.2) is 55.2 Å². The molecule has 1 saturated carbocycles. The maximum Gasteiger partial charge on any atom is 0.255 e. The van der Waals surface area contributed by atoms with E-state index >= 15 is 0 Å². The van der Waals surface area contributed by atoms with Crippen LogP contribution in [-0.2, 0) is 0 Å². The van der Waals surface area contributed by atoms with Gasteiger partial charge in [0.25, 0.3) is 5.91 Å². The van der Waals surface area contributed by atoms with Crippen molar-refractivity contribution in [1.29, 1.82) is 0 Å². The van der Waals surface area contributed by atoms with Crippen molar-refractivity contribution in [3.8, 4) is 11.6 Å². The van der Waals surface area contributed by atoms with E-state index in [-0.39, 0.29) is 12.0 Å². The summed E-state index contributed by atoms with van der Waals surface area (Å²) in [7, 11) is 0. The summed E-state index contributed by atoms with van der Waals surface area (Å²) >= 11 is 0. The lowest BCUT2D eigenvalue weighted by Gasteiger charge is -2.25. The summed E-state index contributed by atoms with van der Waals surface area (Å²) in [5.74, 6) is 0.289. The monoisotopic (exact) mass is 335 g/mol. The van der Waals surface area contributed by atoms with Gasteiger partial charge in [-0.05, 0) is 43.5 Å². The Morgan fingerprint density at radius 3 is 2.76 bits per heavy atom. The third-order valence-electron chi connectivity index (χ3n) is 4.16. The zero-order valence-corrected chi connectivity index (χ0v) is 13.5. The van der Waals surface area contributed by atoms with Crippen LogP contribution in [-0.4, -0.2) is 31.8 Å². The van der Waals surface area contributed by atoms with E-state index in [2.05, 4.69) is 20.5 Å². The van der Waals surface area contributed by atoms with E-state index in [1.165, 1.54) is 6.42 Å². The maximum atomic E-state index is 12.5. The number of carbonyl (C=O) groups is 1. The second-order valence-electron chi connectivity index (χ2n) is 5.93. The van der Waals surface area contributed by atoms with Gasteiger partial charge in [-0.15, -0.1) is 10.2 Å². The Morgan fingerprint density at radius 2 is 2.00 bits per heavy atom. The van der Waals surface area contributed by atoms with Gasteiger partial charge in [-0.25, -0.2) is 4.98 Å². The fourth-order valence-electron chi connectivity index (χ4n) is 2.56. The van der Waals surface area contributed by atoms with E-state index < -0.39 is 0 Å². The summed E-state index contributed by atoms with van der Waals surface area (Å²) in [6, 6.07) is 10.8. The van der Waals surface area contributed by atoms with Gasteiger partial charge in [0.05, 0.1) is 5.69 Å². The Labute approximate surface area is 144 Å². The molecule has 1 N–H and O–H groups in total. The molecule has 0 atom stereocenters. The van der Waals surface area contributed by atoms with Crippen LogP contribution >= 0.6 is 0 Å². The Morgan fingerprint density at radius 1 is 1.16 bits per heavy atom. The lowest BCUT2D eigenvalue weighted by atomic mass is 9.96. The molecular formula is C18H17N5O2. The molecular weight excluding hydrogens is 318 g/mol. The predicted molar refractivity (Wildman–Crippen MR) is 91.8 cm³/mol. The molecule has 1 aliphatic carbocycles. The van der Waals surface area contributed by atoms with Gasteiger partial charge in [-0.1, -0.05) is 6.07 Å². The molecule has 0 bridgehead atoms. The second-order valence-corrected chi connectivity index (χ2v) is 5.93. The zero-order chi connectivity index (χ0) is 17.1. The molecule has 4 rings (SSSR count). The van der Waals surface area contributed by atoms with E-state index in [1.54, 1.807) is 35.6 Å². The molecule has 1 aliphatic rings. The summed E-state index contributed by atoms with van der Waals surface area (Å²) in [5, 5.41) is 10.5. The first-order chi connectivity index (χ1) is 12.3. The molecule has 3 aromatic rings. The van der Waals surface area contributed by atoms with Crippen LogP contribution in [0.3, 0.4) is 0 Å². The highest BCUT2D eigenvalue weighted by Gasteiger charge is 2.20. The average Bonchev–Trinajstić information content (AvgIpc) is 3.13. The van der Waals surface area contributed by atoms with Gasteiger partial charge in [0, 0.05) is 23.5 Å². The topological polar surface area (TPSA) is 81.9 Å². The minimum atomic E-state index is -0.207. The Balaban J connectivity index is 1.48. The normalized spacial score (nSPS) is 13.9. The fourth-order valence-corrected chi connectivity index (χ4v) is 2.56. The number of rotatable bonds is 5. The van der Waals surface area contributed by atoms with Crippen molar-refractivity contribution in [3.05, 3.63) is 60.8 Å². The van der Waals surface area contributed by atoms with E-state index in [0.29, 0.717) is 17.1 Å². The highest BCUT2D eigenvalue weighted by Crippen LogP contribution is 2.24. The third-order valence-corrected chi connectivity index (χ3v) is 4.16. The molecule has 126 valence electrons. The van der Waals surface area contributed by atoms with Crippen LogP contribution < -0.4 is 10.1 Å². The number of nitrogens with zero attached hydrogens (tertiary/aromatic N) is 4. The molecule has 1 fully saturated rings. The van der Waals surface area contributed by atoms with Gasteiger partial charge < -0.3 is 10.1 Å². The number of amides is 1. The Hall–Kier alpha value is -3.22. The molecule has 0 radical (unpaired) electrons. The van der Waals surface area contributed by atoms with Crippen molar-refractivity contribution in [3.63, 3.8) is 0 Å². The van der Waals surface area contributed by atoms with Crippen LogP contribution in [0.25, 0.3) is 5.69 Å². The number of aromatic nitrogens is 4. The first-order valence-corrected chi connectivity index (χ1v) is 8.17. The summed E-state index contributed by atoms with van der Waals surface area (Å²) in [6.07, 6.45) is 8.32. The van der Waals surface area contributed by atoms with Crippen molar-refractivity contribution >= 4 is 11.6 Å². The number of benzene rings is 1. The number of carbonyl (C=O) groups excluding carboxylic acids is 1. The third kappa shape index (κ3) is 3.50. The predicted octanol–water partition coefficient (Wildman–Crippen LogP) is 2.85. The second kappa shape index (κ2) is 6.72. The Bertz CT molecular complexity index is 875. The smallest absolute Gasteiger partial charge is 0.255 e. The molecule has 7 nitrogen and oxygen atoms in total. The molecule has 1 aromatic carbocycles. The molecule has 25 heavy (non-hydrogen) atoms. The average molecular weight is 335 g/mol. The van der Waals surface area contributed by atoms with Gasteiger partial charge in [-0.3, -0.25) is 9.36 Å². The molecule has 7 heteroatoms. The van der Waals surface area contributed by atoms with Gasteiger partial charge in [0.1, 0.15) is 18.8 Å². The standard InChI is InChI=1S/C18H17N5O2/c24-18(13-7-8-19-17(9-13)25-16-5-2-6-16)22-14-3-1-4-15(10-14)23-11-20-21-12-23/h1,3-4,7-12,16H,2,5-6H2,(H,22,24). The lowest BCUT2D eigenvalue weighted by Crippen LogP contribution is -2.25. The minimum Gasteiger partial charge on any atom is -0.474 e. The van der Waals surface area contributed by atoms with Crippen molar-refractivity contribution in [2.75, 3.05) is 5.32 Å². The number of nitrogens with one attached hydrogen (secondary N) is 1. The Kier molecular flexibility index (Phi) is 4.12. The van der Waals surface area contributed by atoms with E-state index in [9.17, 15) is 4.79 Å². The van der Waals surface area contributed by atoms with Gasteiger partial charge in [0.2, 0.25) is 5.88 Å². The van der Waals surface area contributed by atoms with Gasteiger partial charge in [-0.2, -0.15) is 0 Å². The number of hydrogen-bond acceptors (Lipinski definition) is 5. The molecule has 0 unspecified atom stereocenters. The van der Waals surface area contributed by atoms with Crippen molar-refractivity contribution in [1.82, 2.24) is 19.7 Å². The van der Waals surface area contributed by atoms with E-state index in [4.69, 9.17) is 4.74 Å². The lowest BCUT2D eigenvalue weighted by molar-refractivity contribution is 0.101. The molecule has 2 aromatic heterocycles. The molecule has 0 aliphatic heterocycles. The van der Waals surface area contributed by atoms with Gasteiger partial charge >= 0.3 is 0 Å². The molecule has 1 amide bonds. The van der Waals surface area contributed by atoms with Crippen molar-refractivity contribution in [2.45, 2.75) is 25.4 Å². The number of pyridine rings is 1. The van der Waals surface area contributed by atoms with Crippen LogP contribution in [0.5, 0.6) is 5.88 Å². The number of anilines is 1. The number of ether oxygens (including phenoxy) is 1.